The zero-order valence-electron chi connectivity index (χ0n) is 16.2. The number of nitrogens with zero attached hydrogens (tertiary/aromatic N) is 1. The Bertz CT molecular complexity index is 929. The maximum Gasteiger partial charge on any atom is 0.269 e. The Balaban J connectivity index is 1.80. The summed E-state index contributed by atoms with van der Waals surface area (Å²) in [5.74, 6) is -0.0103. The second-order valence-electron chi connectivity index (χ2n) is 7.11. The van der Waals surface area contributed by atoms with Gasteiger partial charge in [-0.25, -0.2) is 13.4 Å². The van der Waals surface area contributed by atoms with Gasteiger partial charge in [-0.3, -0.25) is 10.2 Å². The van der Waals surface area contributed by atoms with E-state index in [4.69, 9.17) is 4.74 Å². The molecule has 1 aliphatic rings. The molecule has 0 bridgehead atoms. The van der Waals surface area contributed by atoms with Crippen LogP contribution in [0.4, 0.5) is 0 Å². The van der Waals surface area contributed by atoms with E-state index >= 15 is 0 Å². The van der Waals surface area contributed by atoms with Gasteiger partial charge >= 0.3 is 0 Å². The average Bonchev–Trinajstić information content (AvgIpc) is 2.69. The molecule has 0 spiro atoms. The molecular formula is C21H26N2O4S. The highest BCUT2D eigenvalue weighted by Crippen LogP contribution is 2.24. The number of piperidine rings is 1. The van der Waals surface area contributed by atoms with E-state index in [1.807, 2.05) is 23.2 Å². The summed E-state index contributed by atoms with van der Waals surface area (Å²) in [6, 6.07) is 14.7. The highest BCUT2D eigenvalue weighted by Gasteiger charge is 2.26. The number of ether oxygens (including phenoxy) is 1. The van der Waals surface area contributed by atoms with Crippen molar-refractivity contribution in [2.45, 2.75) is 36.6 Å². The largest absolute Gasteiger partial charge is 0.496 e. The second-order valence-corrected chi connectivity index (χ2v) is 9.12. The van der Waals surface area contributed by atoms with Crippen LogP contribution in [0.5, 0.6) is 5.75 Å². The van der Waals surface area contributed by atoms with Crippen LogP contribution in [0, 0.1) is 0 Å². The van der Waals surface area contributed by atoms with Gasteiger partial charge in [0.05, 0.1) is 17.6 Å². The van der Waals surface area contributed by atoms with Gasteiger partial charge in [0.15, 0.2) is 9.84 Å². The first-order valence-corrected chi connectivity index (χ1v) is 11.3. The fourth-order valence-corrected chi connectivity index (χ4v) is 4.18. The number of benzene rings is 2. The molecule has 150 valence electrons. The maximum atomic E-state index is 12.9. The Kier molecular flexibility index (Phi) is 6.36. The number of sulfone groups is 1. The third kappa shape index (κ3) is 4.91. The minimum Gasteiger partial charge on any atom is -0.496 e. The van der Waals surface area contributed by atoms with Crippen molar-refractivity contribution >= 4 is 15.7 Å². The lowest BCUT2D eigenvalue weighted by Crippen LogP contribution is -2.51. The van der Waals surface area contributed by atoms with Gasteiger partial charge < -0.3 is 4.74 Å². The first-order chi connectivity index (χ1) is 13.4. The predicted octanol–water partition coefficient (Wildman–Crippen LogP) is 2.84. The fourth-order valence-electron chi connectivity index (χ4n) is 3.53. The molecule has 28 heavy (non-hydrogen) atoms. The van der Waals surface area contributed by atoms with Crippen LogP contribution in [0.1, 0.15) is 35.2 Å². The molecule has 1 saturated heterocycles. The predicted molar refractivity (Wildman–Crippen MR) is 108 cm³/mol. The Morgan fingerprint density at radius 3 is 2.61 bits per heavy atom. The lowest BCUT2D eigenvalue weighted by Gasteiger charge is -2.36. The van der Waals surface area contributed by atoms with Gasteiger partial charge in [-0.2, -0.15) is 0 Å². The van der Waals surface area contributed by atoms with Gasteiger partial charge in [-0.15, -0.1) is 0 Å². The summed E-state index contributed by atoms with van der Waals surface area (Å²) in [4.78, 5) is 13.0. The summed E-state index contributed by atoms with van der Waals surface area (Å²) < 4.78 is 29.0. The Morgan fingerprint density at radius 2 is 1.93 bits per heavy atom. The molecule has 3 rings (SSSR count). The van der Waals surface area contributed by atoms with E-state index in [9.17, 15) is 13.2 Å². The van der Waals surface area contributed by atoms with Gasteiger partial charge in [-0.05, 0) is 43.0 Å². The SMILES string of the molecule is COc1ccc(S(C)(=O)=O)cc1C(=O)NN1CCCCC1Cc1ccccc1. The van der Waals surface area contributed by atoms with Crippen LogP contribution < -0.4 is 10.2 Å². The lowest BCUT2D eigenvalue weighted by molar-refractivity contribution is 0.0570. The molecule has 1 unspecified atom stereocenters. The summed E-state index contributed by atoms with van der Waals surface area (Å²) in [5, 5.41) is 1.98. The smallest absolute Gasteiger partial charge is 0.269 e. The van der Waals surface area contributed by atoms with Gasteiger partial charge in [0.1, 0.15) is 5.75 Å². The van der Waals surface area contributed by atoms with Crippen molar-refractivity contribution < 1.29 is 17.9 Å². The molecule has 7 heteroatoms. The van der Waals surface area contributed by atoms with Crippen molar-refractivity contribution in [2.24, 2.45) is 0 Å². The number of carbonyl (C=O) groups is 1. The van der Waals surface area contributed by atoms with Crippen LogP contribution in [-0.4, -0.2) is 45.3 Å². The normalized spacial score (nSPS) is 17.9. The molecule has 1 N–H and O–H groups in total. The molecular weight excluding hydrogens is 376 g/mol. The molecule has 2 aromatic carbocycles. The standard InChI is InChI=1S/C21H26N2O4S/c1-27-20-12-11-18(28(2,25)26)15-19(20)21(24)22-23-13-7-6-10-17(23)14-16-8-4-3-5-9-16/h3-5,8-9,11-12,15,17H,6-7,10,13-14H2,1-2H3,(H,22,24). The molecule has 0 aliphatic carbocycles. The molecule has 1 fully saturated rings. The van der Waals surface area contributed by atoms with E-state index in [0.717, 1.165) is 38.5 Å². The van der Waals surface area contributed by atoms with Gasteiger partial charge in [0.25, 0.3) is 5.91 Å². The molecule has 1 atom stereocenters. The third-order valence-electron chi connectivity index (χ3n) is 5.03. The van der Waals surface area contributed by atoms with Crippen molar-refractivity contribution in [1.82, 2.24) is 10.4 Å². The topological polar surface area (TPSA) is 75.7 Å². The van der Waals surface area contributed by atoms with Crippen molar-refractivity contribution in [3.63, 3.8) is 0 Å². The number of hydrazine groups is 1. The Hall–Kier alpha value is -2.38. The third-order valence-corrected chi connectivity index (χ3v) is 6.14. The molecule has 1 amide bonds. The van der Waals surface area contributed by atoms with Crippen LogP contribution in [0.15, 0.2) is 53.4 Å². The van der Waals surface area contributed by atoms with E-state index in [2.05, 4.69) is 17.6 Å². The first kappa shape index (κ1) is 20.4. The summed E-state index contributed by atoms with van der Waals surface area (Å²) >= 11 is 0. The van der Waals surface area contributed by atoms with E-state index in [1.165, 1.54) is 30.9 Å². The summed E-state index contributed by atoms with van der Waals surface area (Å²) in [5.41, 5.74) is 4.42. The lowest BCUT2D eigenvalue weighted by atomic mass is 9.97. The molecule has 1 aliphatic heterocycles. The molecule has 2 aromatic rings. The zero-order valence-corrected chi connectivity index (χ0v) is 17.0. The maximum absolute atomic E-state index is 12.9. The molecule has 0 aromatic heterocycles. The Morgan fingerprint density at radius 1 is 1.18 bits per heavy atom. The number of amides is 1. The number of hydrogen-bond donors (Lipinski definition) is 1. The van der Waals surface area contributed by atoms with E-state index in [1.54, 1.807) is 0 Å². The number of methoxy groups -OCH3 is 1. The Labute approximate surface area is 166 Å². The van der Waals surface area contributed by atoms with Crippen LogP contribution in [-0.2, 0) is 16.3 Å². The fraction of sp³-hybridized carbons (Fsp3) is 0.381. The number of rotatable bonds is 6. The van der Waals surface area contributed by atoms with Crippen molar-refractivity contribution in [1.29, 1.82) is 0 Å². The first-order valence-electron chi connectivity index (χ1n) is 9.38. The number of carbonyl (C=O) groups excluding carboxylic acids is 1. The van der Waals surface area contributed by atoms with Gasteiger partial charge in [0.2, 0.25) is 0 Å². The quantitative estimate of drug-likeness (QED) is 0.804. The van der Waals surface area contributed by atoms with Gasteiger partial charge in [-0.1, -0.05) is 36.8 Å². The molecule has 0 saturated carbocycles. The highest BCUT2D eigenvalue weighted by molar-refractivity contribution is 7.90. The average molecular weight is 403 g/mol. The minimum atomic E-state index is -3.42. The summed E-state index contributed by atoms with van der Waals surface area (Å²) in [6.45, 7) is 0.761. The van der Waals surface area contributed by atoms with E-state index < -0.39 is 9.84 Å². The van der Waals surface area contributed by atoms with Crippen LogP contribution in [0.25, 0.3) is 0 Å². The van der Waals surface area contributed by atoms with Crippen LogP contribution in [0.3, 0.4) is 0 Å². The number of nitrogens with one attached hydrogen (secondary N) is 1. The second kappa shape index (κ2) is 8.75. The number of hydrogen-bond acceptors (Lipinski definition) is 5. The van der Waals surface area contributed by atoms with Gasteiger partial charge in [0, 0.05) is 18.8 Å². The van der Waals surface area contributed by atoms with Crippen molar-refractivity contribution in [2.75, 3.05) is 19.9 Å². The molecule has 6 nitrogen and oxygen atoms in total. The highest BCUT2D eigenvalue weighted by atomic mass is 32.2. The summed E-state index contributed by atoms with van der Waals surface area (Å²) in [6.07, 6.45) is 5.09. The van der Waals surface area contributed by atoms with E-state index in [-0.39, 0.29) is 22.4 Å². The minimum absolute atomic E-state index is 0.0953. The molecule has 0 radical (unpaired) electrons. The van der Waals surface area contributed by atoms with Crippen LogP contribution in [0.2, 0.25) is 0 Å². The van der Waals surface area contributed by atoms with Crippen molar-refractivity contribution in [3.05, 3.63) is 59.7 Å². The van der Waals surface area contributed by atoms with Crippen molar-refractivity contribution in [3.8, 4) is 5.75 Å². The van der Waals surface area contributed by atoms with E-state index in [0.29, 0.717) is 5.75 Å². The zero-order chi connectivity index (χ0) is 20.1. The molecule has 1 heterocycles. The monoisotopic (exact) mass is 402 g/mol. The van der Waals surface area contributed by atoms with Crippen LogP contribution >= 0.6 is 0 Å². The summed E-state index contributed by atoms with van der Waals surface area (Å²) in [7, 11) is -1.95.